The van der Waals surface area contributed by atoms with Gasteiger partial charge in [-0.1, -0.05) is 37.6 Å². The summed E-state index contributed by atoms with van der Waals surface area (Å²) in [7, 11) is 0. The maximum atomic E-state index is 15.1. The zero-order valence-electron chi connectivity index (χ0n) is 18.0. The molecule has 0 saturated heterocycles. The minimum absolute atomic E-state index is 0.176. The van der Waals surface area contributed by atoms with Crippen LogP contribution in [0.2, 0.25) is 0 Å². The van der Waals surface area contributed by atoms with E-state index in [0.717, 1.165) is 30.5 Å². The number of aromatic nitrogens is 2. The second kappa shape index (κ2) is 9.98. The molecule has 4 rings (SSSR count). The van der Waals surface area contributed by atoms with Crippen LogP contribution < -0.4 is 4.74 Å². The Kier molecular flexibility index (Phi) is 6.87. The molecule has 7 heteroatoms. The number of aryl methyl sites for hydroxylation is 2. The van der Waals surface area contributed by atoms with Crippen molar-refractivity contribution in [1.82, 2.24) is 9.97 Å². The number of fused-ring (bicyclic) bond motifs is 1. The molecule has 0 amide bonds. The van der Waals surface area contributed by atoms with Crippen LogP contribution in [0.15, 0.2) is 54.9 Å². The van der Waals surface area contributed by atoms with Crippen molar-refractivity contribution in [3.8, 4) is 17.1 Å². The van der Waals surface area contributed by atoms with Gasteiger partial charge in [-0.05, 0) is 54.0 Å². The Hall–Kier alpha value is -3.48. The highest BCUT2D eigenvalue weighted by Crippen LogP contribution is 2.27. The standard InChI is InChI=1S/C26H22F4N2O/c1-2-3-10-33-20-14-31-26(32-15-20)19-8-9-21-18(13-19)7-6-17(24(21)29)5-4-16-11-22(27)25(30)23(28)12-16/h6-9,11-15H,2-5,10H2,1H3. The lowest BCUT2D eigenvalue weighted by atomic mass is 9.99. The number of hydrogen-bond acceptors (Lipinski definition) is 3. The Morgan fingerprint density at radius 2 is 1.55 bits per heavy atom. The molecule has 0 saturated carbocycles. The normalized spacial score (nSPS) is 11.2. The minimum Gasteiger partial charge on any atom is -0.490 e. The van der Waals surface area contributed by atoms with Crippen LogP contribution in [0.1, 0.15) is 30.9 Å². The quantitative estimate of drug-likeness (QED) is 0.167. The minimum atomic E-state index is -1.51. The van der Waals surface area contributed by atoms with Crippen LogP contribution in [0.5, 0.6) is 5.75 Å². The fourth-order valence-corrected chi connectivity index (χ4v) is 3.57. The second-order valence-corrected chi connectivity index (χ2v) is 7.79. The van der Waals surface area contributed by atoms with E-state index < -0.39 is 23.3 Å². The van der Waals surface area contributed by atoms with Crippen molar-refractivity contribution in [1.29, 1.82) is 0 Å². The molecule has 0 aliphatic rings. The van der Waals surface area contributed by atoms with E-state index in [9.17, 15) is 13.2 Å². The number of halogens is 4. The summed E-state index contributed by atoms with van der Waals surface area (Å²) in [4.78, 5) is 8.68. The molecule has 0 atom stereocenters. The summed E-state index contributed by atoms with van der Waals surface area (Å²) in [6, 6.07) is 10.5. The Morgan fingerprint density at radius 3 is 2.24 bits per heavy atom. The van der Waals surface area contributed by atoms with Crippen molar-refractivity contribution >= 4 is 10.8 Å². The molecule has 1 heterocycles. The summed E-state index contributed by atoms with van der Waals surface area (Å²) >= 11 is 0. The van der Waals surface area contributed by atoms with Gasteiger partial charge in [-0.25, -0.2) is 27.5 Å². The fraction of sp³-hybridized carbons (Fsp3) is 0.231. The summed E-state index contributed by atoms with van der Waals surface area (Å²) < 4.78 is 60.6. The summed E-state index contributed by atoms with van der Waals surface area (Å²) in [6.07, 6.45) is 5.63. The van der Waals surface area contributed by atoms with E-state index in [4.69, 9.17) is 4.74 Å². The van der Waals surface area contributed by atoms with Crippen molar-refractivity contribution in [2.24, 2.45) is 0 Å². The van der Waals surface area contributed by atoms with Crippen LogP contribution in [0.4, 0.5) is 17.6 Å². The Morgan fingerprint density at radius 1 is 0.818 bits per heavy atom. The van der Waals surface area contributed by atoms with Crippen molar-refractivity contribution in [3.05, 3.63) is 89.3 Å². The second-order valence-electron chi connectivity index (χ2n) is 7.79. The molecule has 33 heavy (non-hydrogen) atoms. The zero-order chi connectivity index (χ0) is 23.4. The van der Waals surface area contributed by atoms with Crippen molar-refractivity contribution in [2.45, 2.75) is 32.6 Å². The molecular weight excluding hydrogens is 432 g/mol. The van der Waals surface area contributed by atoms with Crippen molar-refractivity contribution in [2.75, 3.05) is 6.61 Å². The fourth-order valence-electron chi connectivity index (χ4n) is 3.57. The Balaban J connectivity index is 1.51. The molecule has 0 N–H and O–H groups in total. The molecule has 3 nitrogen and oxygen atoms in total. The van der Waals surface area contributed by atoms with Crippen LogP contribution in [0.3, 0.4) is 0 Å². The number of unbranched alkanes of at least 4 members (excludes halogenated alkanes) is 1. The number of nitrogens with zero attached hydrogens (tertiary/aromatic N) is 2. The summed E-state index contributed by atoms with van der Waals surface area (Å²) in [5, 5.41) is 1.10. The molecule has 0 spiro atoms. The van der Waals surface area contributed by atoms with E-state index in [-0.39, 0.29) is 18.4 Å². The third kappa shape index (κ3) is 5.13. The van der Waals surface area contributed by atoms with E-state index in [1.807, 2.05) is 0 Å². The lowest BCUT2D eigenvalue weighted by molar-refractivity contribution is 0.307. The smallest absolute Gasteiger partial charge is 0.194 e. The van der Waals surface area contributed by atoms with Crippen LogP contribution in [-0.4, -0.2) is 16.6 Å². The van der Waals surface area contributed by atoms with Crippen LogP contribution in [-0.2, 0) is 12.8 Å². The first-order chi connectivity index (χ1) is 16.0. The Labute approximate surface area is 189 Å². The average molecular weight is 454 g/mol. The first kappa shape index (κ1) is 22.7. The van der Waals surface area contributed by atoms with Gasteiger partial charge in [0.15, 0.2) is 29.0 Å². The summed E-state index contributed by atoms with van der Waals surface area (Å²) in [6.45, 7) is 2.70. The molecule has 0 aliphatic heterocycles. The number of hydrogen-bond donors (Lipinski definition) is 0. The highest BCUT2D eigenvalue weighted by molar-refractivity contribution is 5.87. The molecular formula is C26H22F4N2O. The largest absolute Gasteiger partial charge is 0.490 e. The maximum Gasteiger partial charge on any atom is 0.194 e. The number of benzene rings is 3. The number of ether oxygens (including phenoxy) is 1. The molecule has 0 aliphatic carbocycles. The third-order valence-corrected chi connectivity index (χ3v) is 5.41. The highest BCUT2D eigenvalue weighted by Gasteiger charge is 2.13. The molecule has 0 fully saturated rings. The first-order valence-corrected chi connectivity index (χ1v) is 10.8. The van der Waals surface area contributed by atoms with Gasteiger partial charge in [0.25, 0.3) is 0 Å². The molecule has 0 unspecified atom stereocenters. The van der Waals surface area contributed by atoms with Crippen LogP contribution in [0, 0.1) is 23.3 Å². The predicted octanol–water partition coefficient (Wildman–Crippen LogP) is 6.82. The molecule has 0 radical (unpaired) electrons. The van der Waals surface area contributed by atoms with Crippen LogP contribution >= 0.6 is 0 Å². The molecule has 0 bridgehead atoms. The van der Waals surface area contributed by atoms with Gasteiger partial charge in [0, 0.05) is 10.9 Å². The van der Waals surface area contributed by atoms with Gasteiger partial charge in [0.1, 0.15) is 5.82 Å². The molecule has 170 valence electrons. The van der Waals surface area contributed by atoms with Crippen LogP contribution in [0.25, 0.3) is 22.2 Å². The van der Waals surface area contributed by atoms with E-state index in [2.05, 4.69) is 16.9 Å². The highest BCUT2D eigenvalue weighted by atomic mass is 19.2. The van der Waals surface area contributed by atoms with Gasteiger partial charge in [-0.15, -0.1) is 0 Å². The van der Waals surface area contributed by atoms with Gasteiger partial charge < -0.3 is 4.74 Å². The maximum absolute atomic E-state index is 15.1. The predicted molar refractivity (Wildman–Crippen MR) is 119 cm³/mol. The van der Waals surface area contributed by atoms with Crippen molar-refractivity contribution < 1.29 is 22.3 Å². The van der Waals surface area contributed by atoms with E-state index in [1.54, 1.807) is 42.7 Å². The Bertz CT molecular complexity index is 1250. The zero-order valence-corrected chi connectivity index (χ0v) is 18.0. The first-order valence-electron chi connectivity index (χ1n) is 10.8. The van der Waals surface area contributed by atoms with E-state index in [1.165, 1.54) is 0 Å². The van der Waals surface area contributed by atoms with Gasteiger partial charge in [0.2, 0.25) is 0 Å². The summed E-state index contributed by atoms with van der Waals surface area (Å²) in [5.74, 6) is -3.30. The monoisotopic (exact) mass is 454 g/mol. The van der Waals surface area contributed by atoms with E-state index in [0.29, 0.717) is 34.5 Å². The SMILES string of the molecule is CCCCOc1cnc(-c2ccc3c(F)c(CCc4cc(F)c(F)c(F)c4)ccc3c2)nc1. The van der Waals surface area contributed by atoms with Gasteiger partial charge in [0.05, 0.1) is 19.0 Å². The molecule has 4 aromatic rings. The van der Waals surface area contributed by atoms with Gasteiger partial charge in [-0.3, -0.25) is 0 Å². The third-order valence-electron chi connectivity index (χ3n) is 5.41. The lowest BCUT2D eigenvalue weighted by Gasteiger charge is -2.09. The molecule has 1 aromatic heterocycles. The van der Waals surface area contributed by atoms with Gasteiger partial charge >= 0.3 is 0 Å². The lowest BCUT2D eigenvalue weighted by Crippen LogP contribution is -1.99. The average Bonchev–Trinajstić information content (AvgIpc) is 2.82. The summed E-state index contributed by atoms with van der Waals surface area (Å²) in [5.41, 5.74) is 1.41. The molecule has 3 aromatic carbocycles. The topological polar surface area (TPSA) is 35.0 Å². The van der Waals surface area contributed by atoms with Crippen molar-refractivity contribution in [3.63, 3.8) is 0 Å². The number of rotatable bonds is 8. The van der Waals surface area contributed by atoms with E-state index >= 15 is 4.39 Å². The van der Waals surface area contributed by atoms with Gasteiger partial charge in [-0.2, -0.15) is 0 Å².